The van der Waals surface area contributed by atoms with Gasteiger partial charge in [0.2, 0.25) is 5.95 Å². The zero-order valence-electron chi connectivity index (χ0n) is 12.1. The van der Waals surface area contributed by atoms with Crippen molar-refractivity contribution in [3.8, 4) is 5.75 Å². The molecule has 7 nitrogen and oxygen atoms in total. The lowest BCUT2D eigenvalue weighted by atomic mass is 10.3. The number of rotatable bonds is 6. The van der Waals surface area contributed by atoms with Gasteiger partial charge >= 0.3 is 5.97 Å². The number of esters is 1. The minimum Gasteiger partial charge on any atom is -0.484 e. The number of halogens is 2. The van der Waals surface area contributed by atoms with Gasteiger partial charge in [-0.25, -0.2) is 14.2 Å². The number of imidazole rings is 1. The Labute approximate surface area is 135 Å². The summed E-state index contributed by atoms with van der Waals surface area (Å²) in [4.78, 5) is 29.6. The van der Waals surface area contributed by atoms with E-state index in [1.165, 1.54) is 18.3 Å². The van der Waals surface area contributed by atoms with E-state index in [0.29, 0.717) is 0 Å². The Balaban J connectivity index is 1.87. The van der Waals surface area contributed by atoms with E-state index in [9.17, 15) is 14.0 Å². The monoisotopic (exact) mass is 341 g/mol. The van der Waals surface area contributed by atoms with Crippen molar-refractivity contribution in [2.24, 2.45) is 0 Å². The fourth-order valence-electron chi connectivity index (χ4n) is 1.58. The van der Waals surface area contributed by atoms with Crippen molar-refractivity contribution >= 4 is 29.4 Å². The number of benzene rings is 1. The fourth-order valence-corrected chi connectivity index (χ4v) is 1.75. The molecule has 0 unspecified atom stereocenters. The third kappa shape index (κ3) is 4.68. The maximum atomic E-state index is 13.0. The van der Waals surface area contributed by atoms with Crippen molar-refractivity contribution in [2.75, 3.05) is 18.5 Å². The van der Waals surface area contributed by atoms with Gasteiger partial charge in [-0.15, -0.1) is 0 Å². The second kappa shape index (κ2) is 7.59. The minimum atomic E-state index is -0.578. The first kappa shape index (κ1) is 16.8. The molecule has 0 spiro atoms. The number of aromatic nitrogens is 2. The lowest BCUT2D eigenvalue weighted by Gasteiger charge is -2.06. The molecule has 0 radical (unpaired) electrons. The third-order valence-electron chi connectivity index (χ3n) is 2.59. The molecule has 9 heteroatoms. The quantitative estimate of drug-likeness (QED) is 0.787. The Morgan fingerprint density at radius 3 is 2.91 bits per heavy atom. The fraction of sp³-hybridized carbons (Fsp3) is 0.214. The average Bonchev–Trinajstić information content (AvgIpc) is 2.97. The van der Waals surface area contributed by atoms with E-state index in [1.807, 2.05) is 0 Å². The van der Waals surface area contributed by atoms with E-state index in [0.717, 1.165) is 6.07 Å². The lowest BCUT2D eigenvalue weighted by molar-refractivity contribution is -0.118. The molecule has 1 heterocycles. The zero-order valence-corrected chi connectivity index (χ0v) is 12.8. The second-order valence-electron chi connectivity index (χ2n) is 4.28. The molecule has 0 bridgehead atoms. The van der Waals surface area contributed by atoms with Crippen molar-refractivity contribution in [3.05, 3.63) is 40.9 Å². The summed E-state index contributed by atoms with van der Waals surface area (Å²) in [6.07, 6.45) is 1.24. The number of hydrogen-bond donors (Lipinski definition) is 2. The Morgan fingerprint density at radius 1 is 1.43 bits per heavy atom. The first-order chi connectivity index (χ1) is 11.0. The number of aromatic amines is 1. The summed E-state index contributed by atoms with van der Waals surface area (Å²) in [5, 5.41) is 2.31. The summed E-state index contributed by atoms with van der Waals surface area (Å²) in [6.45, 7) is 1.57. The van der Waals surface area contributed by atoms with E-state index < -0.39 is 17.7 Å². The second-order valence-corrected chi connectivity index (χ2v) is 4.69. The van der Waals surface area contributed by atoms with E-state index in [-0.39, 0.29) is 35.6 Å². The molecule has 0 fully saturated rings. The molecule has 1 amide bonds. The SMILES string of the molecule is CCOC(=O)c1cnc(NC(=O)COc2ccc(F)c(Cl)c2)[nH]1. The molecule has 2 aromatic rings. The molecule has 0 aliphatic heterocycles. The predicted molar refractivity (Wildman–Crippen MR) is 80.1 cm³/mol. The summed E-state index contributed by atoms with van der Waals surface area (Å²) >= 11 is 5.60. The van der Waals surface area contributed by atoms with Crippen molar-refractivity contribution < 1.29 is 23.5 Å². The minimum absolute atomic E-state index is 0.0822. The van der Waals surface area contributed by atoms with Gasteiger partial charge in [0, 0.05) is 6.07 Å². The summed E-state index contributed by atoms with van der Waals surface area (Å²) in [7, 11) is 0. The van der Waals surface area contributed by atoms with Gasteiger partial charge in [-0.1, -0.05) is 11.6 Å². The maximum Gasteiger partial charge on any atom is 0.356 e. The highest BCUT2D eigenvalue weighted by Gasteiger charge is 2.12. The van der Waals surface area contributed by atoms with Crippen molar-refractivity contribution in [1.29, 1.82) is 0 Å². The van der Waals surface area contributed by atoms with E-state index in [4.69, 9.17) is 21.1 Å². The summed E-state index contributed by atoms with van der Waals surface area (Å²) in [6, 6.07) is 3.74. The highest BCUT2D eigenvalue weighted by molar-refractivity contribution is 6.30. The average molecular weight is 342 g/mol. The van der Waals surface area contributed by atoms with Crippen LogP contribution in [0.4, 0.5) is 10.3 Å². The smallest absolute Gasteiger partial charge is 0.356 e. The van der Waals surface area contributed by atoms with Crippen LogP contribution in [0.15, 0.2) is 24.4 Å². The Hall–Kier alpha value is -2.61. The van der Waals surface area contributed by atoms with Crippen LogP contribution in [0.1, 0.15) is 17.4 Å². The number of amides is 1. The van der Waals surface area contributed by atoms with Crippen LogP contribution in [0.5, 0.6) is 5.75 Å². The molecule has 0 saturated heterocycles. The molecule has 2 rings (SSSR count). The van der Waals surface area contributed by atoms with Crippen LogP contribution >= 0.6 is 11.6 Å². The summed E-state index contributed by atoms with van der Waals surface area (Å²) in [5.74, 6) is -1.34. The third-order valence-corrected chi connectivity index (χ3v) is 2.88. The van der Waals surface area contributed by atoms with Gasteiger partial charge < -0.3 is 14.5 Å². The molecule has 23 heavy (non-hydrogen) atoms. The number of carbonyl (C=O) groups excluding carboxylic acids is 2. The Bertz CT molecular complexity index is 720. The number of anilines is 1. The normalized spacial score (nSPS) is 10.2. The first-order valence-electron chi connectivity index (χ1n) is 6.59. The van der Waals surface area contributed by atoms with Crippen LogP contribution in [0.2, 0.25) is 5.02 Å². The largest absolute Gasteiger partial charge is 0.484 e. The van der Waals surface area contributed by atoms with Crippen LogP contribution in [0, 0.1) is 5.82 Å². The molecular formula is C14H13ClFN3O4. The molecule has 1 aromatic heterocycles. The van der Waals surface area contributed by atoms with Crippen molar-refractivity contribution in [3.63, 3.8) is 0 Å². The predicted octanol–water partition coefficient (Wildman–Crippen LogP) is 2.40. The van der Waals surface area contributed by atoms with E-state index >= 15 is 0 Å². The van der Waals surface area contributed by atoms with Gasteiger partial charge in [0.05, 0.1) is 17.8 Å². The van der Waals surface area contributed by atoms with Crippen molar-refractivity contribution in [1.82, 2.24) is 9.97 Å². The Morgan fingerprint density at radius 2 is 2.22 bits per heavy atom. The standard InChI is InChI=1S/C14H13ClFN3O4/c1-2-22-13(21)11-6-17-14(18-11)19-12(20)7-23-8-3-4-10(16)9(15)5-8/h3-6H,2,7H2,1H3,(H2,17,18,19,20). The molecule has 2 N–H and O–H groups in total. The Kier molecular flexibility index (Phi) is 5.53. The number of ether oxygens (including phenoxy) is 2. The van der Waals surface area contributed by atoms with Gasteiger partial charge in [0.1, 0.15) is 17.3 Å². The molecule has 122 valence electrons. The molecular weight excluding hydrogens is 329 g/mol. The zero-order chi connectivity index (χ0) is 16.8. The van der Waals surface area contributed by atoms with Crippen LogP contribution in [-0.4, -0.2) is 35.1 Å². The molecule has 1 aromatic carbocycles. The summed E-state index contributed by atoms with van der Waals surface area (Å²) in [5.41, 5.74) is 0.119. The molecule has 0 aliphatic rings. The molecule has 0 aliphatic carbocycles. The van der Waals surface area contributed by atoms with Crippen LogP contribution < -0.4 is 10.1 Å². The number of hydrogen-bond acceptors (Lipinski definition) is 5. The molecule has 0 saturated carbocycles. The number of H-pyrrole nitrogens is 1. The number of nitrogens with zero attached hydrogens (tertiary/aromatic N) is 1. The lowest BCUT2D eigenvalue weighted by Crippen LogP contribution is -2.21. The van der Waals surface area contributed by atoms with Crippen LogP contribution in [0.25, 0.3) is 0 Å². The maximum absolute atomic E-state index is 13.0. The first-order valence-corrected chi connectivity index (χ1v) is 6.97. The van der Waals surface area contributed by atoms with E-state index in [2.05, 4.69) is 15.3 Å². The van der Waals surface area contributed by atoms with Crippen LogP contribution in [0.3, 0.4) is 0 Å². The van der Waals surface area contributed by atoms with Gasteiger partial charge in [-0.05, 0) is 19.1 Å². The number of nitrogens with one attached hydrogen (secondary N) is 2. The van der Waals surface area contributed by atoms with Gasteiger partial charge in [0.25, 0.3) is 5.91 Å². The molecule has 0 atom stereocenters. The van der Waals surface area contributed by atoms with Crippen LogP contribution in [-0.2, 0) is 9.53 Å². The highest BCUT2D eigenvalue weighted by atomic mass is 35.5. The van der Waals surface area contributed by atoms with E-state index in [1.54, 1.807) is 6.92 Å². The van der Waals surface area contributed by atoms with Crippen molar-refractivity contribution in [2.45, 2.75) is 6.92 Å². The number of carbonyl (C=O) groups is 2. The van der Waals surface area contributed by atoms with Gasteiger partial charge in [-0.3, -0.25) is 10.1 Å². The van der Waals surface area contributed by atoms with Gasteiger partial charge in [-0.2, -0.15) is 0 Å². The highest BCUT2D eigenvalue weighted by Crippen LogP contribution is 2.20. The summed E-state index contributed by atoms with van der Waals surface area (Å²) < 4.78 is 22.9. The topological polar surface area (TPSA) is 93.3 Å². The van der Waals surface area contributed by atoms with Gasteiger partial charge in [0.15, 0.2) is 6.61 Å².